The molecule has 2 fully saturated rings. The van der Waals surface area contributed by atoms with Crippen LogP contribution in [0.5, 0.6) is 0 Å². The van der Waals surface area contributed by atoms with E-state index in [1.165, 1.54) is 0 Å². The normalized spacial score (nSPS) is 20.9. The highest BCUT2D eigenvalue weighted by atomic mass is 16.5. The summed E-state index contributed by atoms with van der Waals surface area (Å²) >= 11 is 0. The fraction of sp³-hybridized carbons (Fsp3) is 0.923. The highest BCUT2D eigenvalue weighted by Crippen LogP contribution is 2.10. The lowest BCUT2D eigenvalue weighted by Gasteiger charge is -2.24. The SMILES string of the molecule is CC.O=C(COC1CCNCC1)N1CCCC1. The molecule has 2 rings (SSSR count). The molecule has 0 bridgehead atoms. The van der Waals surface area contributed by atoms with E-state index in [0.29, 0.717) is 0 Å². The zero-order valence-electron chi connectivity index (χ0n) is 11.2. The van der Waals surface area contributed by atoms with Crippen molar-refractivity contribution in [2.45, 2.75) is 45.6 Å². The standard InChI is InChI=1S/C11H20N2O2.C2H6/c14-11(13-7-1-2-8-13)9-15-10-3-5-12-6-4-10;1-2/h10,12H,1-9H2;1-2H3. The predicted molar refractivity (Wildman–Crippen MR) is 69.0 cm³/mol. The van der Waals surface area contributed by atoms with Gasteiger partial charge in [0.05, 0.1) is 6.10 Å². The number of likely N-dealkylation sites (tertiary alicyclic amines) is 1. The third kappa shape index (κ3) is 5.04. The van der Waals surface area contributed by atoms with Gasteiger partial charge in [0.15, 0.2) is 0 Å². The highest BCUT2D eigenvalue weighted by Gasteiger charge is 2.20. The summed E-state index contributed by atoms with van der Waals surface area (Å²) in [5.41, 5.74) is 0. The Morgan fingerprint density at radius 1 is 1.24 bits per heavy atom. The Balaban J connectivity index is 0.000000686. The Kier molecular flexibility index (Phi) is 7.21. The molecular formula is C13H26N2O2. The van der Waals surface area contributed by atoms with Crippen LogP contribution in [0.4, 0.5) is 0 Å². The van der Waals surface area contributed by atoms with Crippen molar-refractivity contribution in [3.63, 3.8) is 0 Å². The van der Waals surface area contributed by atoms with Gasteiger partial charge in [-0.2, -0.15) is 0 Å². The molecule has 0 spiro atoms. The second-order valence-corrected chi connectivity index (χ2v) is 4.35. The van der Waals surface area contributed by atoms with Crippen molar-refractivity contribution in [1.82, 2.24) is 10.2 Å². The summed E-state index contributed by atoms with van der Waals surface area (Å²) in [6.45, 7) is 8.17. The number of nitrogens with zero attached hydrogens (tertiary/aromatic N) is 1. The van der Waals surface area contributed by atoms with Crippen LogP contribution in [0.1, 0.15) is 39.5 Å². The van der Waals surface area contributed by atoms with Gasteiger partial charge >= 0.3 is 0 Å². The number of piperidine rings is 1. The molecule has 0 atom stereocenters. The molecule has 0 aromatic rings. The van der Waals surface area contributed by atoms with E-state index in [4.69, 9.17) is 4.74 Å². The summed E-state index contributed by atoms with van der Waals surface area (Å²) in [7, 11) is 0. The van der Waals surface area contributed by atoms with Gasteiger partial charge in [0.1, 0.15) is 6.61 Å². The van der Waals surface area contributed by atoms with Crippen LogP contribution in [0.3, 0.4) is 0 Å². The first-order valence-corrected chi connectivity index (χ1v) is 6.96. The van der Waals surface area contributed by atoms with Crippen molar-refractivity contribution < 1.29 is 9.53 Å². The summed E-state index contributed by atoms with van der Waals surface area (Å²) in [5.74, 6) is 0.172. The van der Waals surface area contributed by atoms with Gasteiger partial charge in [-0.25, -0.2) is 0 Å². The van der Waals surface area contributed by atoms with Crippen LogP contribution >= 0.6 is 0 Å². The average molecular weight is 242 g/mol. The van der Waals surface area contributed by atoms with Crippen molar-refractivity contribution in [3.05, 3.63) is 0 Å². The van der Waals surface area contributed by atoms with Gasteiger partial charge in [-0.05, 0) is 38.8 Å². The molecule has 0 radical (unpaired) electrons. The fourth-order valence-corrected chi connectivity index (χ4v) is 2.21. The lowest BCUT2D eigenvalue weighted by atomic mass is 10.1. The van der Waals surface area contributed by atoms with E-state index in [9.17, 15) is 4.79 Å². The molecule has 0 aliphatic carbocycles. The van der Waals surface area contributed by atoms with Crippen molar-refractivity contribution >= 4 is 5.91 Å². The van der Waals surface area contributed by atoms with E-state index in [1.807, 2.05) is 18.7 Å². The molecule has 1 N–H and O–H groups in total. The topological polar surface area (TPSA) is 41.6 Å². The fourth-order valence-electron chi connectivity index (χ4n) is 2.21. The lowest BCUT2D eigenvalue weighted by molar-refractivity contribution is -0.137. The van der Waals surface area contributed by atoms with Crippen molar-refractivity contribution in [2.75, 3.05) is 32.8 Å². The molecule has 2 aliphatic rings. The Bertz CT molecular complexity index is 209. The maximum absolute atomic E-state index is 11.7. The number of hydrogen-bond acceptors (Lipinski definition) is 3. The van der Waals surface area contributed by atoms with E-state index in [-0.39, 0.29) is 18.6 Å². The maximum atomic E-state index is 11.7. The number of rotatable bonds is 3. The van der Waals surface area contributed by atoms with E-state index in [0.717, 1.165) is 51.9 Å². The molecule has 2 heterocycles. The van der Waals surface area contributed by atoms with Crippen LogP contribution in [0.2, 0.25) is 0 Å². The van der Waals surface area contributed by atoms with Crippen molar-refractivity contribution in [1.29, 1.82) is 0 Å². The lowest BCUT2D eigenvalue weighted by Crippen LogP contribution is -2.36. The zero-order valence-corrected chi connectivity index (χ0v) is 11.2. The van der Waals surface area contributed by atoms with Crippen LogP contribution in [-0.2, 0) is 9.53 Å². The predicted octanol–water partition coefficient (Wildman–Crippen LogP) is 1.40. The number of nitrogens with one attached hydrogen (secondary N) is 1. The summed E-state index contributed by atoms with van der Waals surface area (Å²) in [5, 5.41) is 3.28. The molecule has 4 heteroatoms. The van der Waals surface area contributed by atoms with Crippen LogP contribution in [-0.4, -0.2) is 49.7 Å². The van der Waals surface area contributed by atoms with Gasteiger partial charge in [-0.15, -0.1) is 0 Å². The minimum atomic E-state index is 0.172. The van der Waals surface area contributed by atoms with Gasteiger partial charge < -0.3 is 15.0 Å². The first-order chi connectivity index (χ1) is 8.36. The quantitative estimate of drug-likeness (QED) is 0.813. The monoisotopic (exact) mass is 242 g/mol. The number of carbonyl (C=O) groups is 1. The average Bonchev–Trinajstić information content (AvgIpc) is 2.93. The molecule has 4 nitrogen and oxygen atoms in total. The van der Waals surface area contributed by atoms with E-state index in [2.05, 4.69) is 5.32 Å². The molecule has 0 unspecified atom stereocenters. The molecular weight excluding hydrogens is 216 g/mol. The van der Waals surface area contributed by atoms with Crippen LogP contribution in [0, 0.1) is 0 Å². The van der Waals surface area contributed by atoms with Gasteiger partial charge in [-0.3, -0.25) is 4.79 Å². The molecule has 0 aromatic carbocycles. The van der Waals surface area contributed by atoms with Gasteiger partial charge in [0.25, 0.3) is 0 Å². The van der Waals surface area contributed by atoms with E-state index >= 15 is 0 Å². The van der Waals surface area contributed by atoms with Gasteiger partial charge in [0.2, 0.25) is 5.91 Å². The molecule has 1 amide bonds. The van der Waals surface area contributed by atoms with Crippen molar-refractivity contribution in [3.8, 4) is 0 Å². The summed E-state index contributed by atoms with van der Waals surface area (Å²) < 4.78 is 5.63. The second-order valence-electron chi connectivity index (χ2n) is 4.35. The number of hydrogen-bond donors (Lipinski definition) is 1. The Labute approximate surface area is 105 Å². The maximum Gasteiger partial charge on any atom is 0.248 e. The first-order valence-electron chi connectivity index (χ1n) is 6.96. The minimum Gasteiger partial charge on any atom is -0.368 e. The van der Waals surface area contributed by atoms with E-state index < -0.39 is 0 Å². The van der Waals surface area contributed by atoms with Gasteiger partial charge in [-0.1, -0.05) is 13.8 Å². The molecule has 0 saturated carbocycles. The van der Waals surface area contributed by atoms with Crippen molar-refractivity contribution in [2.24, 2.45) is 0 Å². The van der Waals surface area contributed by atoms with Crippen LogP contribution in [0.15, 0.2) is 0 Å². The molecule has 100 valence electrons. The zero-order chi connectivity index (χ0) is 12.5. The first kappa shape index (κ1) is 14.5. The van der Waals surface area contributed by atoms with Crippen LogP contribution in [0.25, 0.3) is 0 Å². The second kappa shape index (κ2) is 8.48. The highest BCUT2D eigenvalue weighted by molar-refractivity contribution is 5.77. The Morgan fingerprint density at radius 3 is 2.41 bits per heavy atom. The largest absolute Gasteiger partial charge is 0.368 e. The third-order valence-corrected chi connectivity index (χ3v) is 3.19. The number of ether oxygens (including phenoxy) is 1. The molecule has 2 aliphatic heterocycles. The number of amides is 1. The molecule has 0 aromatic heterocycles. The minimum absolute atomic E-state index is 0.172. The third-order valence-electron chi connectivity index (χ3n) is 3.19. The van der Waals surface area contributed by atoms with Crippen LogP contribution < -0.4 is 5.32 Å². The Hall–Kier alpha value is -0.610. The Morgan fingerprint density at radius 2 is 1.82 bits per heavy atom. The smallest absolute Gasteiger partial charge is 0.248 e. The summed E-state index contributed by atoms with van der Waals surface area (Å²) in [6, 6.07) is 0. The molecule has 17 heavy (non-hydrogen) atoms. The van der Waals surface area contributed by atoms with E-state index in [1.54, 1.807) is 0 Å². The number of carbonyl (C=O) groups excluding carboxylic acids is 1. The summed E-state index contributed by atoms with van der Waals surface area (Å²) in [6.07, 6.45) is 4.66. The molecule has 2 saturated heterocycles. The summed E-state index contributed by atoms with van der Waals surface area (Å²) in [4.78, 5) is 13.6. The van der Waals surface area contributed by atoms with Gasteiger partial charge in [0, 0.05) is 13.1 Å².